The largest absolute Gasteiger partial charge is 0.398 e. The first-order valence-corrected chi connectivity index (χ1v) is 5.72. The van der Waals surface area contributed by atoms with Crippen LogP contribution in [0.1, 0.15) is 0 Å². The number of nitrogen functional groups attached to an aromatic ring is 1. The van der Waals surface area contributed by atoms with Gasteiger partial charge in [-0.15, -0.1) is 0 Å². The zero-order valence-electron chi connectivity index (χ0n) is 8.18. The number of nitrogens with two attached hydrogens (primary N) is 1. The lowest BCUT2D eigenvalue weighted by atomic mass is 10.1. The Labute approximate surface area is 109 Å². The summed E-state index contributed by atoms with van der Waals surface area (Å²) in [6.45, 7) is 0. The normalized spacial score (nSPS) is 10.4. The molecular formula is C12H8Cl3N. The highest BCUT2D eigenvalue weighted by Crippen LogP contribution is 2.33. The van der Waals surface area contributed by atoms with Crippen LogP contribution in [-0.2, 0) is 0 Å². The Morgan fingerprint density at radius 1 is 0.812 bits per heavy atom. The van der Waals surface area contributed by atoms with E-state index in [1.54, 1.807) is 30.3 Å². The molecule has 2 N–H and O–H groups in total. The number of rotatable bonds is 1. The highest BCUT2D eigenvalue weighted by Gasteiger charge is 2.06. The van der Waals surface area contributed by atoms with Crippen LogP contribution in [0.2, 0.25) is 15.1 Å². The maximum atomic E-state index is 6.09. The predicted molar refractivity (Wildman–Crippen MR) is 71.3 cm³/mol. The van der Waals surface area contributed by atoms with Crippen molar-refractivity contribution in [2.24, 2.45) is 0 Å². The number of halogens is 3. The van der Waals surface area contributed by atoms with Crippen LogP contribution in [0.3, 0.4) is 0 Å². The smallest absolute Gasteiger partial charge is 0.0641 e. The summed E-state index contributed by atoms with van der Waals surface area (Å²) in [5.74, 6) is 0. The molecule has 0 bridgehead atoms. The van der Waals surface area contributed by atoms with E-state index in [-0.39, 0.29) is 0 Å². The molecule has 0 saturated carbocycles. The highest BCUT2D eigenvalue weighted by atomic mass is 35.5. The van der Waals surface area contributed by atoms with Crippen molar-refractivity contribution in [3.05, 3.63) is 51.5 Å². The Morgan fingerprint density at radius 3 is 2.25 bits per heavy atom. The minimum absolute atomic E-state index is 0.508. The molecule has 2 aromatic carbocycles. The lowest BCUT2D eigenvalue weighted by Gasteiger charge is -2.07. The van der Waals surface area contributed by atoms with Gasteiger partial charge in [0, 0.05) is 15.6 Å². The number of hydrogen-bond donors (Lipinski definition) is 1. The van der Waals surface area contributed by atoms with Crippen LogP contribution in [-0.4, -0.2) is 0 Å². The van der Waals surface area contributed by atoms with Crippen molar-refractivity contribution in [3.63, 3.8) is 0 Å². The van der Waals surface area contributed by atoms with E-state index >= 15 is 0 Å². The molecule has 0 aliphatic carbocycles. The molecular weight excluding hydrogens is 264 g/mol. The summed E-state index contributed by atoms with van der Waals surface area (Å²) in [7, 11) is 0. The molecule has 0 heterocycles. The molecule has 0 unspecified atom stereocenters. The van der Waals surface area contributed by atoms with Gasteiger partial charge in [-0.1, -0.05) is 40.9 Å². The van der Waals surface area contributed by atoms with E-state index in [4.69, 9.17) is 40.5 Å². The molecule has 4 heteroatoms. The van der Waals surface area contributed by atoms with Gasteiger partial charge in [-0.2, -0.15) is 0 Å². The molecule has 0 amide bonds. The standard InChI is InChI=1S/C12H8Cl3N/c13-8-2-3-10(14)9(6-8)7-1-4-12(16)11(15)5-7/h1-6H,16H2. The van der Waals surface area contributed by atoms with E-state index in [2.05, 4.69) is 0 Å². The quantitative estimate of drug-likeness (QED) is 0.734. The van der Waals surface area contributed by atoms with Gasteiger partial charge in [0.15, 0.2) is 0 Å². The van der Waals surface area contributed by atoms with Crippen molar-refractivity contribution in [2.75, 3.05) is 5.73 Å². The van der Waals surface area contributed by atoms with E-state index in [1.165, 1.54) is 0 Å². The van der Waals surface area contributed by atoms with E-state index < -0.39 is 0 Å². The Kier molecular flexibility index (Phi) is 3.29. The molecule has 1 nitrogen and oxygen atoms in total. The second-order valence-electron chi connectivity index (χ2n) is 3.36. The first-order valence-electron chi connectivity index (χ1n) is 4.58. The van der Waals surface area contributed by atoms with Gasteiger partial charge in [0.1, 0.15) is 0 Å². The van der Waals surface area contributed by atoms with Crippen molar-refractivity contribution < 1.29 is 0 Å². The Hall–Kier alpha value is -0.890. The van der Waals surface area contributed by atoms with Gasteiger partial charge in [-0.3, -0.25) is 0 Å². The van der Waals surface area contributed by atoms with Crippen LogP contribution in [0.15, 0.2) is 36.4 Å². The van der Waals surface area contributed by atoms with Crippen molar-refractivity contribution in [3.8, 4) is 11.1 Å². The molecule has 0 atom stereocenters. The van der Waals surface area contributed by atoms with Gasteiger partial charge >= 0.3 is 0 Å². The minimum Gasteiger partial charge on any atom is -0.398 e. The van der Waals surface area contributed by atoms with Crippen molar-refractivity contribution >= 4 is 40.5 Å². The summed E-state index contributed by atoms with van der Waals surface area (Å²) < 4.78 is 0. The van der Waals surface area contributed by atoms with Gasteiger partial charge < -0.3 is 5.73 Å². The zero-order valence-corrected chi connectivity index (χ0v) is 10.4. The second kappa shape index (κ2) is 4.54. The van der Waals surface area contributed by atoms with E-state index in [9.17, 15) is 0 Å². The summed E-state index contributed by atoms with van der Waals surface area (Å²) in [6, 6.07) is 10.7. The summed E-state index contributed by atoms with van der Waals surface area (Å²) in [6.07, 6.45) is 0. The van der Waals surface area contributed by atoms with E-state index in [0.717, 1.165) is 11.1 Å². The second-order valence-corrected chi connectivity index (χ2v) is 4.61. The summed E-state index contributed by atoms with van der Waals surface area (Å²) in [5.41, 5.74) is 7.93. The molecule has 0 aliphatic heterocycles. The third-order valence-electron chi connectivity index (χ3n) is 2.24. The maximum Gasteiger partial charge on any atom is 0.0641 e. The molecule has 0 fully saturated rings. The van der Waals surface area contributed by atoms with Crippen molar-refractivity contribution in [2.45, 2.75) is 0 Å². The lowest BCUT2D eigenvalue weighted by Crippen LogP contribution is -1.87. The van der Waals surface area contributed by atoms with Crippen molar-refractivity contribution in [1.82, 2.24) is 0 Å². The molecule has 0 aliphatic rings. The average Bonchev–Trinajstić information content (AvgIpc) is 2.26. The van der Waals surface area contributed by atoms with Crippen molar-refractivity contribution in [1.29, 1.82) is 0 Å². The predicted octanol–water partition coefficient (Wildman–Crippen LogP) is 4.90. The van der Waals surface area contributed by atoms with Gasteiger partial charge in [0.25, 0.3) is 0 Å². The fourth-order valence-electron chi connectivity index (χ4n) is 1.41. The van der Waals surface area contributed by atoms with Crippen LogP contribution >= 0.6 is 34.8 Å². The third kappa shape index (κ3) is 2.27. The summed E-state index contributed by atoms with van der Waals surface area (Å²) >= 11 is 18.0. The van der Waals surface area contributed by atoms with Crippen LogP contribution in [0.25, 0.3) is 11.1 Å². The van der Waals surface area contributed by atoms with Crippen LogP contribution in [0.5, 0.6) is 0 Å². The number of hydrogen-bond acceptors (Lipinski definition) is 1. The van der Waals surface area contributed by atoms with E-state index in [1.807, 2.05) is 6.07 Å². The maximum absolute atomic E-state index is 6.09. The summed E-state index contributed by atoms with van der Waals surface area (Å²) in [5, 5.41) is 1.77. The first-order chi connectivity index (χ1) is 7.58. The molecule has 0 saturated heterocycles. The molecule has 0 radical (unpaired) electrons. The molecule has 2 rings (SSSR count). The third-order valence-corrected chi connectivity index (χ3v) is 3.13. The Bertz CT molecular complexity index is 538. The fraction of sp³-hybridized carbons (Fsp3) is 0. The van der Waals surface area contributed by atoms with Gasteiger partial charge in [0.05, 0.1) is 10.7 Å². The molecule has 16 heavy (non-hydrogen) atoms. The lowest BCUT2D eigenvalue weighted by molar-refractivity contribution is 1.61. The van der Waals surface area contributed by atoms with Gasteiger partial charge in [-0.25, -0.2) is 0 Å². The Balaban J connectivity index is 2.58. The molecule has 82 valence electrons. The number of benzene rings is 2. The fourth-order valence-corrected chi connectivity index (χ4v) is 1.99. The van der Waals surface area contributed by atoms with Crippen LogP contribution in [0, 0.1) is 0 Å². The monoisotopic (exact) mass is 271 g/mol. The molecule has 0 aromatic heterocycles. The molecule has 0 spiro atoms. The van der Waals surface area contributed by atoms with E-state index in [0.29, 0.717) is 20.8 Å². The van der Waals surface area contributed by atoms with Crippen LogP contribution < -0.4 is 5.73 Å². The number of anilines is 1. The van der Waals surface area contributed by atoms with Gasteiger partial charge in [-0.05, 0) is 35.9 Å². The Morgan fingerprint density at radius 2 is 1.56 bits per heavy atom. The zero-order chi connectivity index (χ0) is 11.7. The van der Waals surface area contributed by atoms with Crippen LogP contribution in [0.4, 0.5) is 5.69 Å². The first kappa shape index (κ1) is 11.6. The topological polar surface area (TPSA) is 26.0 Å². The average molecular weight is 273 g/mol. The SMILES string of the molecule is Nc1ccc(-c2cc(Cl)ccc2Cl)cc1Cl. The highest BCUT2D eigenvalue weighted by molar-refractivity contribution is 6.36. The summed E-state index contributed by atoms with van der Waals surface area (Å²) in [4.78, 5) is 0. The van der Waals surface area contributed by atoms with Gasteiger partial charge in [0.2, 0.25) is 0 Å². The molecule has 2 aromatic rings. The minimum atomic E-state index is 0.508.